The van der Waals surface area contributed by atoms with Crippen molar-refractivity contribution in [3.05, 3.63) is 42.4 Å². The maximum atomic E-state index is 12.4. The van der Waals surface area contributed by atoms with E-state index in [1.807, 2.05) is 24.3 Å². The van der Waals surface area contributed by atoms with Crippen LogP contribution < -0.4 is 5.32 Å². The van der Waals surface area contributed by atoms with Gasteiger partial charge >= 0.3 is 0 Å². The molecule has 0 aliphatic carbocycles. The summed E-state index contributed by atoms with van der Waals surface area (Å²) in [4.78, 5) is 29.5. The lowest BCUT2D eigenvalue weighted by atomic mass is 10.1. The zero-order valence-corrected chi connectivity index (χ0v) is 14.3. The molecule has 0 spiro atoms. The summed E-state index contributed by atoms with van der Waals surface area (Å²) in [5.41, 5.74) is 1.76. The first-order valence-corrected chi connectivity index (χ1v) is 8.38. The highest BCUT2D eigenvalue weighted by Gasteiger charge is 2.39. The van der Waals surface area contributed by atoms with Crippen LogP contribution in [-0.4, -0.2) is 56.7 Å². The van der Waals surface area contributed by atoms with Crippen LogP contribution in [0.1, 0.15) is 18.9 Å². The minimum absolute atomic E-state index is 0.0493. The number of likely N-dealkylation sites (tertiary alicyclic amines) is 1. The van der Waals surface area contributed by atoms with Gasteiger partial charge in [-0.1, -0.05) is 24.3 Å². The van der Waals surface area contributed by atoms with Gasteiger partial charge < -0.3 is 24.8 Å². The fourth-order valence-electron chi connectivity index (χ4n) is 3.00. The second kappa shape index (κ2) is 7.67. The Balaban J connectivity index is 1.60. The molecule has 1 unspecified atom stereocenters. The number of nitrogens with one attached hydrogen (secondary N) is 1. The average Bonchev–Trinajstić information content (AvgIpc) is 3.29. The standard InChI is InChI=1S/C18H21N3O5/c1-11(22)18(25)21-9-14(23)6-15(21)17(24)20-7-12-2-4-13(5-3-12)16-8-19-10-26-16/h2-5,8,10-11,14-15,22-23H,6-7,9H2,1H3,(H,20,24)/t11?,14-,15+/m1/s1. The highest BCUT2D eigenvalue weighted by Crippen LogP contribution is 2.21. The molecule has 8 nitrogen and oxygen atoms in total. The summed E-state index contributed by atoms with van der Waals surface area (Å²) in [7, 11) is 0. The smallest absolute Gasteiger partial charge is 0.251 e. The van der Waals surface area contributed by atoms with Crippen LogP contribution in [0.25, 0.3) is 11.3 Å². The molecule has 1 aromatic heterocycles. The molecule has 2 amide bonds. The third-order valence-electron chi connectivity index (χ3n) is 4.36. The Labute approximate surface area is 150 Å². The van der Waals surface area contributed by atoms with Gasteiger partial charge in [0.25, 0.3) is 5.91 Å². The van der Waals surface area contributed by atoms with E-state index >= 15 is 0 Å². The van der Waals surface area contributed by atoms with Crippen molar-refractivity contribution in [1.82, 2.24) is 15.2 Å². The van der Waals surface area contributed by atoms with E-state index in [9.17, 15) is 19.8 Å². The largest absolute Gasteiger partial charge is 0.444 e. The van der Waals surface area contributed by atoms with Crippen molar-refractivity contribution in [2.45, 2.75) is 38.1 Å². The number of rotatable bonds is 5. The van der Waals surface area contributed by atoms with E-state index in [4.69, 9.17) is 4.42 Å². The first kappa shape index (κ1) is 18.1. The van der Waals surface area contributed by atoms with Crippen molar-refractivity contribution in [2.75, 3.05) is 6.54 Å². The molecule has 2 heterocycles. The van der Waals surface area contributed by atoms with Gasteiger partial charge in [0.05, 0.1) is 12.3 Å². The molecule has 138 valence electrons. The van der Waals surface area contributed by atoms with E-state index in [1.54, 1.807) is 6.20 Å². The van der Waals surface area contributed by atoms with Crippen LogP contribution in [0.15, 0.2) is 41.3 Å². The summed E-state index contributed by atoms with van der Waals surface area (Å²) < 4.78 is 5.23. The monoisotopic (exact) mass is 359 g/mol. The maximum Gasteiger partial charge on any atom is 0.251 e. The molecule has 8 heteroatoms. The minimum atomic E-state index is -1.21. The van der Waals surface area contributed by atoms with Gasteiger partial charge in [0.1, 0.15) is 12.1 Å². The molecule has 1 fully saturated rings. The number of hydrogen-bond acceptors (Lipinski definition) is 6. The minimum Gasteiger partial charge on any atom is -0.444 e. The van der Waals surface area contributed by atoms with Gasteiger partial charge in [-0.2, -0.15) is 0 Å². The van der Waals surface area contributed by atoms with Crippen LogP contribution in [0.2, 0.25) is 0 Å². The molecule has 0 saturated carbocycles. The Kier molecular flexibility index (Phi) is 5.34. The van der Waals surface area contributed by atoms with Gasteiger partial charge in [0, 0.05) is 25.1 Å². The topological polar surface area (TPSA) is 116 Å². The number of benzene rings is 1. The summed E-state index contributed by atoms with van der Waals surface area (Å²) in [6.45, 7) is 1.69. The molecule has 0 bridgehead atoms. The highest BCUT2D eigenvalue weighted by molar-refractivity contribution is 5.89. The molecule has 0 radical (unpaired) electrons. The number of carbonyl (C=O) groups is 2. The Bertz CT molecular complexity index is 758. The Morgan fingerprint density at radius 1 is 1.38 bits per heavy atom. The number of aliphatic hydroxyl groups excluding tert-OH is 2. The number of aliphatic hydroxyl groups is 2. The van der Waals surface area contributed by atoms with E-state index in [1.165, 1.54) is 18.2 Å². The normalized spacial score (nSPS) is 20.8. The zero-order valence-electron chi connectivity index (χ0n) is 14.3. The van der Waals surface area contributed by atoms with Crippen LogP contribution in [0.3, 0.4) is 0 Å². The molecule has 1 aliphatic rings. The van der Waals surface area contributed by atoms with Gasteiger partial charge in [0.15, 0.2) is 12.2 Å². The molecule has 1 aromatic carbocycles. The molecule has 1 aliphatic heterocycles. The quantitative estimate of drug-likeness (QED) is 0.707. The van der Waals surface area contributed by atoms with Crippen molar-refractivity contribution in [3.63, 3.8) is 0 Å². The van der Waals surface area contributed by atoms with Crippen LogP contribution >= 0.6 is 0 Å². The molecular weight excluding hydrogens is 338 g/mol. The van der Waals surface area contributed by atoms with Crippen molar-refractivity contribution >= 4 is 11.8 Å². The predicted molar refractivity (Wildman–Crippen MR) is 91.6 cm³/mol. The first-order chi connectivity index (χ1) is 12.5. The lowest BCUT2D eigenvalue weighted by molar-refractivity contribution is -0.144. The second-order valence-electron chi connectivity index (χ2n) is 6.35. The van der Waals surface area contributed by atoms with Crippen LogP contribution in [-0.2, 0) is 16.1 Å². The molecule has 26 heavy (non-hydrogen) atoms. The maximum absolute atomic E-state index is 12.4. The van der Waals surface area contributed by atoms with Gasteiger partial charge in [-0.3, -0.25) is 9.59 Å². The van der Waals surface area contributed by atoms with Crippen LogP contribution in [0.4, 0.5) is 0 Å². The number of β-amino-alcohol motifs (C(OH)–C–C–N with tert-alkyl or cyclic N) is 1. The molecule has 1 saturated heterocycles. The van der Waals surface area contributed by atoms with Gasteiger partial charge in [-0.25, -0.2) is 4.98 Å². The van der Waals surface area contributed by atoms with E-state index in [-0.39, 0.29) is 18.9 Å². The van der Waals surface area contributed by atoms with Crippen molar-refractivity contribution in [2.24, 2.45) is 0 Å². The van der Waals surface area contributed by atoms with Crippen molar-refractivity contribution in [1.29, 1.82) is 0 Å². The summed E-state index contributed by atoms with van der Waals surface area (Å²) >= 11 is 0. The lowest BCUT2D eigenvalue weighted by Gasteiger charge is -2.24. The summed E-state index contributed by atoms with van der Waals surface area (Å²) in [6, 6.07) is 6.68. The van der Waals surface area contributed by atoms with Crippen LogP contribution in [0, 0.1) is 0 Å². The Morgan fingerprint density at radius 3 is 2.73 bits per heavy atom. The van der Waals surface area contributed by atoms with Gasteiger partial charge in [-0.15, -0.1) is 0 Å². The highest BCUT2D eigenvalue weighted by atomic mass is 16.3. The number of nitrogens with zero attached hydrogens (tertiary/aromatic N) is 2. The number of aromatic nitrogens is 1. The van der Waals surface area contributed by atoms with E-state index < -0.39 is 24.2 Å². The fourth-order valence-corrected chi connectivity index (χ4v) is 3.00. The van der Waals surface area contributed by atoms with E-state index in [0.29, 0.717) is 12.3 Å². The van der Waals surface area contributed by atoms with E-state index in [0.717, 1.165) is 11.1 Å². The lowest BCUT2D eigenvalue weighted by Crippen LogP contribution is -2.48. The summed E-state index contributed by atoms with van der Waals surface area (Å²) in [6.07, 6.45) is 1.17. The molecule has 3 N–H and O–H groups in total. The molecule has 2 aromatic rings. The molecule has 3 atom stereocenters. The van der Waals surface area contributed by atoms with Crippen LogP contribution in [0.5, 0.6) is 0 Å². The third kappa shape index (κ3) is 3.92. The zero-order chi connectivity index (χ0) is 18.7. The second-order valence-corrected chi connectivity index (χ2v) is 6.35. The Hall–Kier alpha value is -2.71. The SMILES string of the molecule is CC(O)C(=O)N1C[C@H](O)C[C@H]1C(=O)NCc1ccc(-c2cnco2)cc1. The summed E-state index contributed by atoms with van der Waals surface area (Å²) in [5.74, 6) is -0.249. The predicted octanol–water partition coefficient (Wildman–Crippen LogP) is 0.300. The number of hydrogen-bond donors (Lipinski definition) is 3. The molecular formula is C18H21N3O5. The fraction of sp³-hybridized carbons (Fsp3) is 0.389. The van der Waals surface area contributed by atoms with Gasteiger partial charge in [0.2, 0.25) is 5.91 Å². The number of oxazole rings is 1. The Morgan fingerprint density at radius 2 is 2.12 bits per heavy atom. The van der Waals surface area contributed by atoms with E-state index in [2.05, 4.69) is 10.3 Å². The van der Waals surface area contributed by atoms with Crippen molar-refractivity contribution < 1.29 is 24.2 Å². The molecule has 3 rings (SSSR count). The summed E-state index contributed by atoms with van der Waals surface area (Å²) in [5, 5.41) is 22.0. The average molecular weight is 359 g/mol. The number of amides is 2. The van der Waals surface area contributed by atoms with Crippen molar-refractivity contribution in [3.8, 4) is 11.3 Å². The van der Waals surface area contributed by atoms with Gasteiger partial charge in [-0.05, 0) is 12.5 Å². The first-order valence-electron chi connectivity index (χ1n) is 8.38. The number of carbonyl (C=O) groups excluding carboxylic acids is 2. The third-order valence-corrected chi connectivity index (χ3v) is 4.36.